The van der Waals surface area contributed by atoms with E-state index in [0.717, 1.165) is 32.2 Å². The molecule has 0 atom stereocenters. The van der Waals surface area contributed by atoms with Crippen molar-refractivity contribution in [2.75, 3.05) is 67.1 Å². The lowest BCUT2D eigenvalue weighted by Gasteiger charge is -2.32. The third-order valence-electron chi connectivity index (χ3n) is 4.15. The highest BCUT2D eigenvalue weighted by Crippen LogP contribution is 2.10. The van der Waals surface area contributed by atoms with E-state index in [1.807, 2.05) is 7.05 Å². The molecule has 0 aromatic carbocycles. The van der Waals surface area contributed by atoms with Crippen LogP contribution < -0.4 is 10.6 Å². The van der Waals surface area contributed by atoms with Gasteiger partial charge in [-0.2, -0.15) is 0 Å². The SMILES string of the molecule is CCCN1CCC(NC(=NC)NCCN(C)CCOC)CC1.I. The largest absolute Gasteiger partial charge is 0.383 e. The van der Waals surface area contributed by atoms with Gasteiger partial charge in [-0.3, -0.25) is 4.99 Å². The third kappa shape index (κ3) is 10.4. The van der Waals surface area contributed by atoms with Crippen LogP contribution in [0.2, 0.25) is 0 Å². The van der Waals surface area contributed by atoms with Crippen LogP contribution in [-0.4, -0.2) is 88.9 Å². The molecule has 138 valence electrons. The van der Waals surface area contributed by atoms with E-state index >= 15 is 0 Å². The fraction of sp³-hybridized carbons (Fsp3) is 0.938. The Labute approximate surface area is 159 Å². The molecule has 0 spiro atoms. The van der Waals surface area contributed by atoms with Crippen molar-refractivity contribution in [3.05, 3.63) is 0 Å². The predicted octanol–water partition coefficient (Wildman–Crippen LogP) is 1.22. The molecule has 1 fully saturated rings. The van der Waals surface area contributed by atoms with Crippen molar-refractivity contribution in [1.82, 2.24) is 20.4 Å². The molecule has 2 N–H and O–H groups in total. The molecule has 1 aliphatic rings. The molecule has 1 saturated heterocycles. The molecule has 7 heteroatoms. The summed E-state index contributed by atoms with van der Waals surface area (Å²) < 4.78 is 5.09. The minimum atomic E-state index is 0. The van der Waals surface area contributed by atoms with Crippen molar-refractivity contribution in [3.63, 3.8) is 0 Å². The molecule has 23 heavy (non-hydrogen) atoms. The Kier molecular flexibility index (Phi) is 14.2. The van der Waals surface area contributed by atoms with Crippen LogP contribution in [0.25, 0.3) is 0 Å². The van der Waals surface area contributed by atoms with E-state index in [1.165, 1.54) is 38.9 Å². The van der Waals surface area contributed by atoms with Crippen LogP contribution in [-0.2, 0) is 4.74 Å². The molecule has 1 rings (SSSR count). The van der Waals surface area contributed by atoms with Crippen LogP contribution in [0.4, 0.5) is 0 Å². The fourth-order valence-electron chi connectivity index (χ4n) is 2.73. The van der Waals surface area contributed by atoms with Crippen molar-refractivity contribution >= 4 is 29.9 Å². The average molecular weight is 441 g/mol. The lowest BCUT2D eigenvalue weighted by molar-refractivity contribution is 0.162. The van der Waals surface area contributed by atoms with Gasteiger partial charge in [0.05, 0.1) is 6.61 Å². The number of likely N-dealkylation sites (N-methyl/N-ethyl adjacent to an activating group) is 1. The third-order valence-corrected chi connectivity index (χ3v) is 4.15. The lowest BCUT2D eigenvalue weighted by Crippen LogP contribution is -2.49. The summed E-state index contributed by atoms with van der Waals surface area (Å²) in [7, 11) is 5.69. The molecule has 0 bridgehead atoms. The molecule has 0 aromatic rings. The Hall–Kier alpha value is -0.120. The Morgan fingerprint density at radius 1 is 1.30 bits per heavy atom. The first-order valence-electron chi connectivity index (χ1n) is 8.56. The first kappa shape index (κ1) is 22.9. The molecule has 1 aliphatic heterocycles. The monoisotopic (exact) mass is 441 g/mol. The van der Waals surface area contributed by atoms with Gasteiger partial charge >= 0.3 is 0 Å². The van der Waals surface area contributed by atoms with Gasteiger partial charge in [-0.15, -0.1) is 24.0 Å². The summed E-state index contributed by atoms with van der Waals surface area (Å²) in [5.74, 6) is 0.925. The van der Waals surface area contributed by atoms with Crippen molar-refractivity contribution in [3.8, 4) is 0 Å². The molecular formula is C16H36IN5O. The van der Waals surface area contributed by atoms with E-state index < -0.39 is 0 Å². The van der Waals surface area contributed by atoms with Crippen molar-refractivity contribution in [1.29, 1.82) is 0 Å². The summed E-state index contributed by atoms with van der Waals surface area (Å²) in [5.41, 5.74) is 0. The quantitative estimate of drug-likeness (QED) is 0.320. The maximum absolute atomic E-state index is 5.09. The highest BCUT2D eigenvalue weighted by atomic mass is 127. The van der Waals surface area contributed by atoms with E-state index in [0.29, 0.717) is 6.04 Å². The summed E-state index contributed by atoms with van der Waals surface area (Å²) in [6.07, 6.45) is 3.65. The number of piperidine rings is 1. The first-order chi connectivity index (χ1) is 10.7. The molecular weight excluding hydrogens is 405 g/mol. The fourth-order valence-corrected chi connectivity index (χ4v) is 2.73. The minimum absolute atomic E-state index is 0. The second-order valence-corrected chi connectivity index (χ2v) is 6.06. The summed E-state index contributed by atoms with van der Waals surface area (Å²) in [6, 6.07) is 0.547. The number of guanidine groups is 1. The molecule has 6 nitrogen and oxygen atoms in total. The van der Waals surface area contributed by atoms with Gasteiger partial charge in [-0.1, -0.05) is 6.92 Å². The van der Waals surface area contributed by atoms with Gasteiger partial charge in [0, 0.05) is 52.9 Å². The van der Waals surface area contributed by atoms with Crippen molar-refractivity contribution in [2.24, 2.45) is 4.99 Å². The Bertz CT molecular complexity index is 309. The Balaban J connectivity index is 0.00000484. The molecule has 1 heterocycles. The number of hydrogen-bond acceptors (Lipinski definition) is 4. The average Bonchev–Trinajstić information content (AvgIpc) is 2.54. The number of hydrogen-bond donors (Lipinski definition) is 2. The standard InChI is InChI=1S/C16H35N5O.HI/c1-5-9-21-10-6-15(7-11-21)19-16(17-2)18-8-12-20(3)13-14-22-4;/h15H,5-14H2,1-4H3,(H2,17,18,19);1H. The summed E-state index contributed by atoms with van der Waals surface area (Å²) in [6.45, 7) is 9.49. The number of methoxy groups -OCH3 is 1. The maximum atomic E-state index is 5.09. The van der Waals surface area contributed by atoms with Gasteiger partial charge in [0.15, 0.2) is 5.96 Å². The summed E-state index contributed by atoms with van der Waals surface area (Å²) in [4.78, 5) is 9.15. The zero-order valence-electron chi connectivity index (χ0n) is 15.3. The Morgan fingerprint density at radius 2 is 2.00 bits per heavy atom. The number of nitrogens with one attached hydrogen (secondary N) is 2. The maximum Gasteiger partial charge on any atom is 0.191 e. The number of aliphatic imine (C=N–C) groups is 1. The van der Waals surface area contributed by atoms with Crippen LogP contribution in [0.5, 0.6) is 0 Å². The zero-order valence-corrected chi connectivity index (χ0v) is 17.6. The first-order valence-corrected chi connectivity index (χ1v) is 8.56. The van der Waals surface area contributed by atoms with Gasteiger partial charge < -0.3 is 25.2 Å². The van der Waals surface area contributed by atoms with Gasteiger partial charge in [-0.25, -0.2) is 0 Å². The van der Waals surface area contributed by atoms with Crippen molar-refractivity contribution < 1.29 is 4.74 Å². The summed E-state index contributed by atoms with van der Waals surface area (Å²) >= 11 is 0. The second kappa shape index (κ2) is 14.2. The smallest absolute Gasteiger partial charge is 0.191 e. The predicted molar refractivity (Wildman–Crippen MR) is 109 cm³/mol. The number of ether oxygens (including phenoxy) is 1. The molecule has 0 radical (unpaired) electrons. The van der Waals surface area contributed by atoms with E-state index in [9.17, 15) is 0 Å². The van der Waals surface area contributed by atoms with Gasteiger partial charge in [0.25, 0.3) is 0 Å². The van der Waals surface area contributed by atoms with Gasteiger partial charge in [0.2, 0.25) is 0 Å². The molecule has 0 aliphatic carbocycles. The molecule has 0 saturated carbocycles. The van der Waals surface area contributed by atoms with Crippen LogP contribution in [0, 0.1) is 0 Å². The highest BCUT2D eigenvalue weighted by Gasteiger charge is 2.19. The van der Waals surface area contributed by atoms with E-state index in [1.54, 1.807) is 7.11 Å². The topological polar surface area (TPSA) is 52.1 Å². The van der Waals surface area contributed by atoms with E-state index in [2.05, 4.69) is 39.4 Å². The van der Waals surface area contributed by atoms with Gasteiger partial charge in [0.1, 0.15) is 0 Å². The Morgan fingerprint density at radius 3 is 2.57 bits per heavy atom. The normalized spacial score (nSPS) is 17.2. The highest BCUT2D eigenvalue weighted by molar-refractivity contribution is 14.0. The lowest BCUT2D eigenvalue weighted by atomic mass is 10.1. The molecule has 0 aromatic heterocycles. The van der Waals surface area contributed by atoms with Gasteiger partial charge in [-0.05, 0) is 32.9 Å². The number of rotatable bonds is 9. The minimum Gasteiger partial charge on any atom is -0.383 e. The summed E-state index contributed by atoms with van der Waals surface area (Å²) in [5, 5.41) is 6.96. The number of halogens is 1. The molecule has 0 unspecified atom stereocenters. The number of nitrogens with zero attached hydrogens (tertiary/aromatic N) is 3. The molecule has 0 amide bonds. The second-order valence-electron chi connectivity index (χ2n) is 6.06. The van der Waals surface area contributed by atoms with E-state index in [-0.39, 0.29) is 24.0 Å². The zero-order chi connectivity index (χ0) is 16.2. The van der Waals surface area contributed by atoms with Crippen LogP contribution in [0.15, 0.2) is 4.99 Å². The van der Waals surface area contributed by atoms with Crippen LogP contribution in [0.3, 0.4) is 0 Å². The van der Waals surface area contributed by atoms with Crippen molar-refractivity contribution in [2.45, 2.75) is 32.2 Å². The van der Waals surface area contributed by atoms with E-state index in [4.69, 9.17) is 4.74 Å². The van der Waals surface area contributed by atoms with Crippen LogP contribution >= 0.6 is 24.0 Å². The number of likely N-dealkylation sites (tertiary alicyclic amines) is 1. The van der Waals surface area contributed by atoms with Crippen LogP contribution in [0.1, 0.15) is 26.2 Å².